The van der Waals surface area contributed by atoms with E-state index >= 15 is 0 Å². The van der Waals surface area contributed by atoms with Gasteiger partial charge in [0.1, 0.15) is 11.6 Å². The smallest absolute Gasteiger partial charge is 0.113 e. The zero-order chi connectivity index (χ0) is 14.1. The van der Waals surface area contributed by atoms with E-state index in [0.717, 1.165) is 55.1 Å². The van der Waals surface area contributed by atoms with Crippen molar-refractivity contribution in [2.24, 2.45) is 17.6 Å². The number of nitrogens with one attached hydrogen (secondary N) is 1. The lowest BCUT2D eigenvalue weighted by molar-refractivity contribution is 0.409. The van der Waals surface area contributed by atoms with Gasteiger partial charge in [0.2, 0.25) is 0 Å². The maximum atomic E-state index is 5.89. The summed E-state index contributed by atoms with van der Waals surface area (Å²) in [6, 6.07) is 2.02. The molecule has 2 aromatic rings. The molecule has 0 saturated heterocycles. The van der Waals surface area contributed by atoms with E-state index in [4.69, 9.17) is 15.1 Å². The average molecular weight is 273 g/mol. The van der Waals surface area contributed by atoms with E-state index in [9.17, 15) is 0 Å². The van der Waals surface area contributed by atoms with E-state index in [-0.39, 0.29) is 0 Å². The maximum Gasteiger partial charge on any atom is 0.113 e. The van der Waals surface area contributed by atoms with Crippen molar-refractivity contribution in [3.63, 3.8) is 0 Å². The second-order valence-corrected chi connectivity index (χ2v) is 6.20. The van der Waals surface area contributed by atoms with Crippen molar-refractivity contribution in [2.75, 3.05) is 6.54 Å². The summed E-state index contributed by atoms with van der Waals surface area (Å²) in [5.74, 6) is 3.31. The van der Waals surface area contributed by atoms with Crippen LogP contribution in [0.3, 0.4) is 0 Å². The molecule has 1 atom stereocenters. The number of hydrogen-bond donors (Lipinski definition) is 2. The Morgan fingerprint density at radius 2 is 2.25 bits per heavy atom. The van der Waals surface area contributed by atoms with Crippen molar-refractivity contribution in [3.05, 3.63) is 29.6 Å². The molecule has 4 nitrogen and oxygen atoms in total. The molecule has 0 aliphatic heterocycles. The van der Waals surface area contributed by atoms with Crippen LogP contribution in [0.15, 0.2) is 16.7 Å². The molecule has 1 aliphatic rings. The van der Waals surface area contributed by atoms with Crippen LogP contribution in [0.4, 0.5) is 0 Å². The Morgan fingerprint density at radius 1 is 1.40 bits per heavy atom. The molecule has 3 rings (SSSR count). The van der Waals surface area contributed by atoms with Gasteiger partial charge in [0.15, 0.2) is 0 Å². The first kappa shape index (κ1) is 13.4. The Morgan fingerprint density at radius 3 is 3.00 bits per heavy atom. The summed E-state index contributed by atoms with van der Waals surface area (Å²) in [7, 11) is 0. The molecule has 108 valence electrons. The van der Waals surface area contributed by atoms with Gasteiger partial charge in [0.05, 0.1) is 12.0 Å². The number of nitrogens with zero attached hydrogens (tertiary/aromatic N) is 1. The largest absolute Gasteiger partial charge is 0.469 e. The molecule has 0 saturated carbocycles. The van der Waals surface area contributed by atoms with Crippen LogP contribution in [0, 0.1) is 11.8 Å². The first-order valence-electron chi connectivity index (χ1n) is 7.52. The van der Waals surface area contributed by atoms with Gasteiger partial charge in [-0.1, -0.05) is 13.8 Å². The number of furan rings is 1. The van der Waals surface area contributed by atoms with Gasteiger partial charge in [0, 0.05) is 24.1 Å². The topological polar surface area (TPSA) is 67.8 Å². The highest BCUT2D eigenvalue weighted by Crippen LogP contribution is 2.33. The van der Waals surface area contributed by atoms with Crippen LogP contribution in [0.2, 0.25) is 0 Å². The number of fused-ring (bicyclic) bond motifs is 3. The third-order valence-corrected chi connectivity index (χ3v) is 4.05. The molecule has 0 spiro atoms. The number of aromatic amines is 1. The number of H-pyrrole nitrogens is 1. The van der Waals surface area contributed by atoms with Crippen LogP contribution in [0.5, 0.6) is 0 Å². The average Bonchev–Trinajstić information content (AvgIpc) is 3.01. The van der Waals surface area contributed by atoms with E-state index in [1.807, 2.05) is 6.07 Å². The molecule has 2 aromatic heterocycles. The third kappa shape index (κ3) is 2.52. The minimum Gasteiger partial charge on any atom is -0.469 e. The van der Waals surface area contributed by atoms with Crippen molar-refractivity contribution in [1.29, 1.82) is 0 Å². The highest BCUT2D eigenvalue weighted by Gasteiger charge is 2.23. The number of imidazole rings is 1. The standard InChI is InChI=1S/C16H23N3O/c1-10(2)7-11(9-17)8-15-18-13-3-4-14-12(5-6-20-14)16(13)19-15/h5-6,10-11H,3-4,7-9,17H2,1-2H3,(H,18,19). The molecule has 1 aliphatic carbocycles. The van der Waals surface area contributed by atoms with Crippen LogP contribution in [0.25, 0.3) is 11.3 Å². The molecular weight excluding hydrogens is 250 g/mol. The van der Waals surface area contributed by atoms with E-state index in [1.54, 1.807) is 6.26 Å². The fourth-order valence-electron chi connectivity index (χ4n) is 3.15. The zero-order valence-electron chi connectivity index (χ0n) is 12.3. The molecule has 0 aromatic carbocycles. The summed E-state index contributed by atoms with van der Waals surface area (Å²) in [5.41, 5.74) is 9.37. The SMILES string of the molecule is CC(C)CC(CN)Cc1nc2c([nH]1)CCc1occc1-2. The number of hydrogen-bond acceptors (Lipinski definition) is 3. The number of aryl methyl sites for hydroxylation is 2. The van der Waals surface area contributed by atoms with Gasteiger partial charge in [0.25, 0.3) is 0 Å². The first-order valence-corrected chi connectivity index (χ1v) is 7.52. The molecule has 2 heterocycles. The van der Waals surface area contributed by atoms with Crippen molar-refractivity contribution in [1.82, 2.24) is 9.97 Å². The minimum atomic E-state index is 0.506. The summed E-state index contributed by atoms with van der Waals surface area (Å²) in [5, 5.41) is 0. The van der Waals surface area contributed by atoms with Gasteiger partial charge in [-0.15, -0.1) is 0 Å². The Bertz CT molecular complexity index is 582. The fraction of sp³-hybridized carbons (Fsp3) is 0.562. The first-order chi connectivity index (χ1) is 9.67. The molecule has 20 heavy (non-hydrogen) atoms. The molecule has 1 unspecified atom stereocenters. The number of nitrogens with two attached hydrogens (primary N) is 1. The molecule has 0 bridgehead atoms. The molecule has 0 radical (unpaired) electrons. The van der Waals surface area contributed by atoms with Gasteiger partial charge in [-0.2, -0.15) is 0 Å². The highest BCUT2D eigenvalue weighted by atomic mass is 16.3. The molecule has 4 heteroatoms. The molecular formula is C16H23N3O. The van der Waals surface area contributed by atoms with Crippen LogP contribution in [-0.4, -0.2) is 16.5 Å². The predicted octanol–water partition coefficient (Wildman–Crippen LogP) is 2.93. The van der Waals surface area contributed by atoms with Gasteiger partial charge in [-0.25, -0.2) is 4.98 Å². The summed E-state index contributed by atoms with van der Waals surface area (Å²) in [6.45, 7) is 5.21. The zero-order valence-corrected chi connectivity index (χ0v) is 12.3. The summed E-state index contributed by atoms with van der Waals surface area (Å²) in [6.07, 6.45) is 5.80. The molecule has 0 fully saturated rings. The normalized spacial score (nSPS) is 15.2. The second-order valence-electron chi connectivity index (χ2n) is 6.20. The van der Waals surface area contributed by atoms with Gasteiger partial charge in [-0.05, 0) is 37.3 Å². The van der Waals surface area contributed by atoms with E-state index < -0.39 is 0 Å². The van der Waals surface area contributed by atoms with Crippen LogP contribution in [-0.2, 0) is 19.3 Å². The Kier molecular flexibility index (Phi) is 3.66. The number of rotatable bonds is 5. The fourth-order valence-corrected chi connectivity index (χ4v) is 3.15. The summed E-state index contributed by atoms with van der Waals surface area (Å²) < 4.78 is 5.50. The Labute approximate surface area is 119 Å². The van der Waals surface area contributed by atoms with Crippen molar-refractivity contribution in [2.45, 2.75) is 39.5 Å². The monoisotopic (exact) mass is 273 g/mol. The lowest BCUT2D eigenvalue weighted by Gasteiger charge is -2.15. The lowest BCUT2D eigenvalue weighted by Crippen LogP contribution is -2.19. The van der Waals surface area contributed by atoms with E-state index in [2.05, 4.69) is 18.8 Å². The van der Waals surface area contributed by atoms with Crippen LogP contribution in [0.1, 0.15) is 37.5 Å². The lowest BCUT2D eigenvalue weighted by atomic mass is 9.94. The minimum absolute atomic E-state index is 0.506. The van der Waals surface area contributed by atoms with Crippen LogP contribution < -0.4 is 5.73 Å². The van der Waals surface area contributed by atoms with Crippen molar-refractivity contribution < 1.29 is 4.42 Å². The Balaban J connectivity index is 1.80. The molecule has 0 amide bonds. The molecule has 3 N–H and O–H groups in total. The van der Waals surface area contributed by atoms with Gasteiger partial charge >= 0.3 is 0 Å². The van der Waals surface area contributed by atoms with E-state index in [1.165, 1.54) is 5.69 Å². The highest BCUT2D eigenvalue weighted by molar-refractivity contribution is 5.66. The van der Waals surface area contributed by atoms with Gasteiger partial charge < -0.3 is 15.1 Å². The Hall–Kier alpha value is -1.55. The summed E-state index contributed by atoms with van der Waals surface area (Å²) >= 11 is 0. The van der Waals surface area contributed by atoms with E-state index in [0.29, 0.717) is 11.8 Å². The van der Waals surface area contributed by atoms with Crippen molar-refractivity contribution >= 4 is 0 Å². The predicted molar refractivity (Wildman–Crippen MR) is 79.4 cm³/mol. The number of aromatic nitrogens is 2. The van der Waals surface area contributed by atoms with Crippen molar-refractivity contribution in [3.8, 4) is 11.3 Å². The van der Waals surface area contributed by atoms with Gasteiger partial charge in [-0.3, -0.25) is 0 Å². The quantitative estimate of drug-likeness (QED) is 0.880. The van der Waals surface area contributed by atoms with Crippen LogP contribution >= 0.6 is 0 Å². The summed E-state index contributed by atoms with van der Waals surface area (Å²) in [4.78, 5) is 8.28. The second kappa shape index (κ2) is 5.44. The maximum absolute atomic E-state index is 5.89. The third-order valence-electron chi connectivity index (χ3n) is 4.05.